The third kappa shape index (κ3) is 6.31. The highest BCUT2D eigenvalue weighted by atomic mass is 16.5. The molecule has 0 aromatic heterocycles. The normalized spacial score (nSPS) is 10.3. The Morgan fingerprint density at radius 1 is 0.923 bits per heavy atom. The molecule has 0 spiro atoms. The van der Waals surface area contributed by atoms with Gasteiger partial charge in [0.2, 0.25) is 5.91 Å². The SMILES string of the molecule is CCOc1ccc(OCC)c(NC(=O)CCCOc2ccc(C)cc2)c1. The average Bonchev–Trinajstić information content (AvgIpc) is 2.63. The molecule has 0 saturated heterocycles. The molecule has 0 aliphatic rings. The topological polar surface area (TPSA) is 56.8 Å². The van der Waals surface area contributed by atoms with Crippen LogP contribution in [-0.4, -0.2) is 25.7 Å². The van der Waals surface area contributed by atoms with Crippen molar-refractivity contribution < 1.29 is 19.0 Å². The summed E-state index contributed by atoms with van der Waals surface area (Å²) in [5.74, 6) is 2.08. The van der Waals surface area contributed by atoms with E-state index >= 15 is 0 Å². The number of carbonyl (C=O) groups excluding carboxylic acids is 1. The minimum absolute atomic E-state index is 0.0768. The molecular formula is C21H27NO4. The Balaban J connectivity index is 1.84. The lowest BCUT2D eigenvalue weighted by Crippen LogP contribution is -2.14. The first-order chi connectivity index (χ1) is 12.6. The Labute approximate surface area is 155 Å². The van der Waals surface area contributed by atoms with Gasteiger partial charge in [-0.05, 0) is 51.5 Å². The summed E-state index contributed by atoms with van der Waals surface area (Å²) in [4.78, 5) is 12.2. The van der Waals surface area contributed by atoms with Crippen LogP contribution in [0.15, 0.2) is 42.5 Å². The Morgan fingerprint density at radius 2 is 1.62 bits per heavy atom. The molecule has 2 rings (SSSR count). The molecule has 0 aliphatic carbocycles. The van der Waals surface area contributed by atoms with Gasteiger partial charge in [-0.2, -0.15) is 0 Å². The Morgan fingerprint density at radius 3 is 2.31 bits per heavy atom. The van der Waals surface area contributed by atoms with Crippen molar-refractivity contribution in [3.05, 3.63) is 48.0 Å². The third-order valence-corrected chi connectivity index (χ3v) is 3.67. The van der Waals surface area contributed by atoms with E-state index in [1.54, 1.807) is 6.07 Å². The van der Waals surface area contributed by atoms with E-state index in [2.05, 4.69) is 5.32 Å². The van der Waals surface area contributed by atoms with Gasteiger partial charge >= 0.3 is 0 Å². The number of ether oxygens (including phenoxy) is 3. The van der Waals surface area contributed by atoms with Crippen molar-refractivity contribution in [3.8, 4) is 17.2 Å². The molecular weight excluding hydrogens is 330 g/mol. The molecule has 5 nitrogen and oxygen atoms in total. The minimum atomic E-state index is -0.0768. The maximum Gasteiger partial charge on any atom is 0.224 e. The number of carbonyl (C=O) groups is 1. The fraction of sp³-hybridized carbons (Fsp3) is 0.381. The molecule has 2 aromatic carbocycles. The molecule has 26 heavy (non-hydrogen) atoms. The summed E-state index contributed by atoms with van der Waals surface area (Å²) in [6.07, 6.45) is 1.01. The van der Waals surface area contributed by atoms with Gasteiger partial charge in [-0.25, -0.2) is 0 Å². The highest BCUT2D eigenvalue weighted by molar-refractivity contribution is 5.92. The maximum atomic E-state index is 12.2. The highest BCUT2D eigenvalue weighted by Gasteiger charge is 2.10. The number of amides is 1. The number of rotatable bonds is 10. The molecule has 5 heteroatoms. The van der Waals surface area contributed by atoms with Gasteiger partial charge in [0, 0.05) is 12.5 Å². The summed E-state index contributed by atoms with van der Waals surface area (Å²) in [6, 6.07) is 13.3. The number of hydrogen-bond acceptors (Lipinski definition) is 4. The van der Waals surface area contributed by atoms with Crippen molar-refractivity contribution in [3.63, 3.8) is 0 Å². The monoisotopic (exact) mass is 357 g/mol. The Hall–Kier alpha value is -2.69. The first-order valence-electron chi connectivity index (χ1n) is 9.01. The molecule has 0 radical (unpaired) electrons. The predicted molar refractivity (Wildman–Crippen MR) is 103 cm³/mol. The summed E-state index contributed by atoms with van der Waals surface area (Å²) in [5.41, 5.74) is 1.82. The van der Waals surface area contributed by atoms with E-state index in [9.17, 15) is 4.79 Å². The predicted octanol–water partition coefficient (Wildman–Crippen LogP) is 4.59. The molecule has 0 heterocycles. The molecule has 1 N–H and O–H groups in total. The third-order valence-electron chi connectivity index (χ3n) is 3.67. The van der Waals surface area contributed by atoms with Crippen LogP contribution < -0.4 is 19.5 Å². The maximum absolute atomic E-state index is 12.2. The molecule has 0 bridgehead atoms. The molecule has 0 unspecified atom stereocenters. The van der Waals surface area contributed by atoms with E-state index in [-0.39, 0.29) is 5.91 Å². The quantitative estimate of drug-likeness (QED) is 0.632. The molecule has 0 fully saturated rings. The van der Waals surface area contributed by atoms with Crippen molar-refractivity contribution in [1.29, 1.82) is 0 Å². The van der Waals surface area contributed by atoms with Gasteiger partial charge in [0.05, 0.1) is 25.5 Å². The summed E-state index contributed by atoms with van der Waals surface area (Å²) >= 11 is 0. The number of aryl methyl sites for hydroxylation is 1. The standard InChI is InChI=1S/C21H27NO4/c1-4-24-18-12-13-20(25-5-2)19(15-18)22-21(23)7-6-14-26-17-10-8-16(3)9-11-17/h8-13,15H,4-7,14H2,1-3H3,(H,22,23). The number of hydrogen-bond donors (Lipinski definition) is 1. The van der Waals surface area contributed by atoms with Crippen LogP contribution >= 0.6 is 0 Å². The summed E-state index contributed by atoms with van der Waals surface area (Å²) in [7, 11) is 0. The fourth-order valence-electron chi connectivity index (χ4n) is 2.41. The number of anilines is 1. The second kappa shape index (κ2) is 10.3. The van der Waals surface area contributed by atoms with Crippen molar-refractivity contribution in [2.45, 2.75) is 33.6 Å². The summed E-state index contributed by atoms with van der Waals surface area (Å²) < 4.78 is 16.7. The largest absolute Gasteiger partial charge is 0.494 e. The lowest BCUT2D eigenvalue weighted by Gasteiger charge is -2.13. The zero-order valence-corrected chi connectivity index (χ0v) is 15.7. The van der Waals surface area contributed by atoms with Crippen molar-refractivity contribution in [1.82, 2.24) is 0 Å². The summed E-state index contributed by atoms with van der Waals surface area (Å²) in [5, 5.41) is 2.90. The Kier molecular flexibility index (Phi) is 7.80. The molecule has 0 aliphatic heterocycles. The van der Waals surface area contributed by atoms with Gasteiger partial charge in [-0.1, -0.05) is 17.7 Å². The molecule has 1 amide bonds. The fourth-order valence-corrected chi connectivity index (χ4v) is 2.41. The van der Waals surface area contributed by atoms with E-state index in [0.29, 0.717) is 49.8 Å². The zero-order chi connectivity index (χ0) is 18.8. The summed E-state index contributed by atoms with van der Waals surface area (Å²) in [6.45, 7) is 7.45. The van der Waals surface area contributed by atoms with Gasteiger partial charge in [0.25, 0.3) is 0 Å². The van der Waals surface area contributed by atoms with Gasteiger partial charge < -0.3 is 19.5 Å². The van der Waals surface area contributed by atoms with Crippen molar-refractivity contribution in [2.75, 3.05) is 25.1 Å². The van der Waals surface area contributed by atoms with Crippen molar-refractivity contribution in [2.24, 2.45) is 0 Å². The van der Waals surface area contributed by atoms with E-state index < -0.39 is 0 Å². The van der Waals surface area contributed by atoms with Gasteiger partial charge in [0.1, 0.15) is 17.2 Å². The minimum Gasteiger partial charge on any atom is -0.494 e. The Bertz CT molecular complexity index is 698. The van der Waals surface area contributed by atoms with Crippen LogP contribution in [0.25, 0.3) is 0 Å². The second-order valence-corrected chi connectivity index (χ2v) is 5.84. The van der Waals surface area contributed by atoms with Crippen LogP contribution in [0.4, 0.5) is 5.69 Å². The number of nitrogens with one attached hydrogen (secondary N) is 1. The molecule has 0 atom stereocenters. The first-order valence-corrected chi connectivity index (χ1v) is 9.01. The molecule has 140 valence electrons. The van der Waals surface area contributed by atoms with Crippen LogP contribution in [-0.2, 0) is 4.79 Å². The van der Waals surface area contributed by atoms with E-state index in [1.807, 2.05) is 57.2 Å². The lowest BCUT2D eigenvalue weighted by molar-refractivity contribution is -0.116. The van der Waals surface area contributed by atoms with Crippen LogP contribution in [0.1, 0.15) is 32.3 Å². The van der Waals surface area contributed by atoms with Gasteiger partial charge in [0.15, 0.2) is 0 Å². The van der Waals surface area contributed by atoms with E-state index in [1.165, 1.54) is 5.56 Å². The molecule has 2 aromatic rings. The molecule has 0 saturated carbocycles. The van der Waals surface area contributed by atoms with Crippen LogP contribution in [0.3, 0.4) is 0 Å². The van der Waals surface area contributed by atoms with Crippen LogP contribution in [0.5, 0.6) is 17.2 Å². The van der Waals surface area contributed by atoms with E-state index in [4.69, 9.17) is 14.2 Å². The van der Waals surface area contributed by atoms with Crippen LogP contribution in [0.2, 0.25) is 0 Å². The van der Waals surface area contributed by atoms with Gasteiger partial charge in [-0.15, -0.1) is 0 Å². The number of benzene rings is 2. The first kappa shape index (κ1) is 19.6. The van der Waals surface area contributed by atoms with E-state index in [0.717, 1.165) is 5.75 Å². The lowest BCUT2D eigenvalue weighted by atomic mass is 10.2. The average molecular weight is 357 g/mol. The van der Waals surface area contributed by atoms with Crippen LogP contribution in [0, 0.1) is 6.92 Å². The second-order valence-electron chi connectivity index (χ2n) is 5.84. The van der Waals surface area contributed by atoms with Gasteiger partial charge in [-0.3, -0.25) is 4.79 Å². The smallest absolute Gasteiger partial charge is 0.224 e. The highest BCUT2D eigenvalue weighted by Crippen LogP contribution is 2.29. The van der Waals surface area contributed by atoms with Crippen molar-refractivity contribution >= 4 is 11.6 Å². The zero-order valence-electron chi connectivity index (χ0n) is 15.7.